The van der Waals surface area contributed by atoms with Gasteiger partial charge in [0.2, 0.25) is 5.91 Å². The number of benzene rings is 1. The number of esters is 1. The molecule has 10 heteroatoms. The van der Waals surface area contributed by atoms with Gasteiger partial charge in [-0.25, -0.2) is 9.37 Å². The molecule has 1 aliphatic heterocycles. The van der Waals surface area contributed by atoms with Crippen LogP contribution in [-0.2, 0) is 25.7 Å². The third-order valence-electron chi connectivity index (χ3n) is 21.1. The summed E-state index contributed by atoms with van der Waals surface area (Å²) in [5.41, 5.74) is 1.74. The normalized spacial score (nSPS) is 40.2. The first kappa shape index (κ1) is 46.6. The van der Waals surface area contributed by atoms with Crippen molar-refractivity contribution in [3.8, 4) is 11.3 Å². The Morgan fingerprint density at radius 2 is 1.65 bits per heavy atom. The first-order valence-electron chi connectivity index (χ1n) is 25.4. The summed E-state index contributed by atoms with van der Waals surface area (Å²) in [4.78, 5) is 51.2. The lowest BCUT2D eigenvalue weighted by molar-refractivity contribution is -0.251. The molecule has 0 unspecified atom stereocenters. The van der Waals surface area contributed by atoms with E-state index in [1.807, 2.05) is 19.9 Å². The van der Waals surface area contributed by atoms with Crippen LogP contribution in [0.3, 0.4) is 0 Å². The number of nitrogens with zero attached hydrogens (tertiary/aromatic N) is 4. The summed E-state index contributed by atoms with van der Waals surface area (Å²) < 4.78 is 23.2. The van der Waals surface area contributed by atoms with Crippen molar-refractivity contribution in [2.45, 2.75) is 158 Å². The van der Waals surface area contributed by atoms with Crippen molar-refractivity contribution in [3.63, 3.8) is 0 Å². The fourth-order valence-electron chi connectivity index (χ4n) is 17.2. The van der Waals surface area contributed by atoms with Crippen molar-refractivity contribution in [3.05, 3.63) is 54.3 Å². The molecule has 65 heavy (non-hydrogen) atoms. The highest BCUT2D eigenvalue weighted by molar-refractivity contribution is 5.85. The predicted molar refractivity (Wildman–Crippen MR) is 252 cm³/mol. The molecule has 1 saturated heterocycles. The van der Waals surface area contributed by atoms with Gasteiger partial charge >= 0.3 is 11.9 Å². The molecule has 2 aromatic rings. The Labute approximate surface area is 388 Å². The quantitative estimate of drug-likeness (QED) is 0.187. The van der Waals surface area contributed by atoms with Gasteiger partial charge in [0.05, 0.1) is 29.0 Å². The first-order valence-corrected chi connectivity index (χ1v) is 25.4. The Hall–Kier alpha value is -3.53. The Balaban J connectivity index is 0.985. The van der Waals surface area contributed by atoms with Crippen LogP contribution in [0.25, 0.3) is 11.3 Å². The Bertz CT molecular complexity index is 2230. The molecule has 0 bridgehead atoms. The molecule has 0 radical (unpaired) electrons. The van der Waals surface area contributed by atoms with Crippen LogP contribution in [0.1, 0.15) is 151 Å². The van der Waals surface area contributed by atoms with Crippen molar-refractivity contribution >= 4 is 17.8 Å². The van der Waals surface area contributed by atoms with Gasteiger partial charge in [0.1, 0.15) is 17.7 Å². The maximum Gasteiger partial charge on any atom is 0.309 e. The lowest BCUT2D eigenvalue weighted by atomic mass is 9.32. The number of aromatic nitrogens is 2. The number of fused-ring (bicyclic) bond motifs is 7. The van der Waals surface area contributed by atoms with E-state index in [1.54, 1.807) is 12.1 Å². The predicted octanol–water partition coefficient (Wildman–Crippen LogP) is 11.2. The number of ether oxygens (including phenoxy) is 1. The highest BCUT2D eigenvalue weighted by Gasteiger charge is 2.72. The molecule has 1 N–H and O–H groups in total. The highest BCUT2D eigenvalue weighted by Crippen LogP contribution is 2.78. The summed E-state index contributed by atoms with van der Waals surface area (Å²) in [6, 6.07) is 6.57. The molecular weight excluding hydrogens is 816 g/mol. The Morgan fingerprint density at radius 1 is 0.892 bits per heavy atom. The lowest BCUT2D eigenvalue weighted by Crippen LogP contribution is -2.67. The van der Waals surface area contributed by atoms with E-state index in [2.05, 4.69) is 82.8 Å². The number of amides is 1. The summed E-state index contributed by atoms with van der Waals surface area (Å²) in [5, 5.41) is 9.74. The summed E-state index contributed by atoms with van der Waals surface area (Å²) in [6.07, 6.45) is 14.3. The van der Waals surface area contributed by atoms with Gasteiger partial charge in [0, 0.05) is 36.8 Å². The second-order valence-electron chi connectivity index (χ2n) is 24.8. The van der Waals surface area contributed by atoms with Gasteiger partial charge in [-0.1, -0.05) is 72.8 Å². The molecule has 356 valence electrons. The average Bonchev–Trinajstić information content (AvgIpc) is 3.98. The minimum atomic E-state index is -0.825. The summed E-state index contributed by atoms with van der Waals surface area (Å²) >= 11 is 0. The molecule has 13 atom stereocenters. The van der Waals surface area contributed by atoms with Crippen molar-refractivity contribution in [2.24, 2.45) is 73.9 Å². The van der Waals surface area contributed by atoms with Crippen LogP contribution in [0, 0.1) is 79.7 Å². The second-order valence-corrected chi connectivity index (χ2v) is 24.8. The number of carboxylic acid groups (broad SMARTS) is 1. The number of imidazole rings is 1. The van der Waals surface area contributed by atoms with Crippen molar-refractivity contribution in [1.82, 2.24) is 19.4 Å². The largest absolute Gasteiger partial charge is 0.481 e. The average molecular weight is 895 g/mol. The standard InChI is InChI=1S/C55H79FN4O5/c1-33(2)36-19-24-55(49(64)60-27-13-16-41(60)46-57-40(32-59(46)29-28-58(10)11)34-14-12-15-35(56)30-34)26-25-53(8)37(45(36)55)17-18-43-52(7)22-21-44(51(5,6)42(52)20-23-54(43,53)9)65-48(63)39-31-38(47(61)62)50(39,3)4/h12,14-15,30,32,36-39,41-45H,1,13,16-29,31H2,2-11H3,(H,61,62)/t36-,37+,38-,39+,41-,42-,43+,44-,45+,52-,53+,54+,55-/m0/s1. The Morgan fingerprint density at radius 3 is 2.32 bits per heavy atom. The van der Waals surface area contributed by atoms with Crippen LogP contribution in [-0.4, -0.2) is 75.6 Å². The number of rotatable bonds is 10. The number of aliphatic carboxylic acids is 1. The van der Waals surface area contributed by atoms with Crippen LogP contribution in [0.4, 0.5) is 4.39 Å². The van der Waals surface area contributed by atoms with Gasteiger partial charge in [0.15, 0.2) is 0 Å². The zero-order valence-electron chi connectivity index (χ0n) is 41.4. The molecule has 0 spiro atoms. The van der Waals surface area contributed by atoms with Crippen molar-refractivity contribution in [2.75, 3.05) is 27.2 Å². The minimum absolute atomic E-state index is 0.0625. The molecule has 9 nitrogen and oxygen atoms in total. The van der Waals surface area contributed by atoms with Gasteiger partial charge in [-0.05, 0) is 168 Å². The molecule has 7 fully saturated rings. The summed E-state index contributed by atoms with van der Waals surface area (Å²) in [5.74, 6) is 0.952. The number of likely N-dealkylation sites (tertiary alicyclic amines) is 1. The number of carbonyl (C=O) groups excluding carboxylic acids is 2. The number of likely N-dealkylation sites (N-methyl/N-ethyl adjacent to an activating group) is 1. The number of hydrogen-bond acceptors (Lipinski definition) is 6. The molecule has 1 aromatic carbocycles. The molecule has 9 rings (SSSR count). The maximum atomic E-state index is 15.9. The summed E-state index contributed by atoms with van der Waals surface area (Å²) in [6.45, 7) is 25.5. The van der Waals surface area contributed by atoms with E-state index in [9.17, 15) is 19.1 Å². The maximum absolute atomic E-state index is 15.9. The molecule has 6 saturated carbocycles. The van der Waals surface area contributed by atoms with E-state index >= 15 is 4.79 Å². The molecule has 1 amide bonds. The second kappa shape index (κ2) is 16.0. The fourth-order valence-corrected chi connectivity index (χ4v) is 17.2. The van der Waals surface area contributed by atoms with E-state index in [0.29, 0.717) is 36.0 Å². The van der Waals surface area contributed by atoms with Gasteiger partial charge in [-0.3, -0.25) is 14.4 Å². The number of carbonyl (C=O) groups is 3. The zero-order valence-corrected chi connectivity index (χ0v) is 41.4. The van der Waals surface area contributed by atoms with Crippen LogP contribution in [0.2, 0.25) is 0 Å². The summed E-state index contributed by atoms with van der Waals surface area (Å²) in [7, 11) is 4.15. The third-order valence-corrected chi connectivity index (χ3v) is 21.1. The molecule has 2 heterocycles. The van der Waals surface area contributed by atoms with Crippen molar-refractivity contribution in [1.29, 1.82) is 0 Å². The minimum Gasteiger partial charge on any atom is -0.481 e. The number of hydrogen-bond donors (Lipinski definition) is 1. The smallest absolute Gasteiger partial charge is 0.309 e. The van der Waals surface area contributed by atoms with E-state index in [-0.39, 0.29) is 57.4 Å². The fraction of sp³-hybridized carbons (Fsp3) is 0.745. The van der Waals surface area contributed by atoms with Gasteiger partial charge < -0.3 is 24.2 Å². The molecular formula is C55H79FN4O5. The molecule has 1 aromatic heterocycles. The van der Waals surface area contributed by atoms with Gasteiger partial charge in [-0.2, -0.15) is 0 Å². The number of carboxylic acids is 1. The van der Waals surface area contributed by atoms with Gasteiger partial charge in [0.25, 0.3) is 0 Å². The van der Waals surface area contributed by atoms with Crippen LogP contribution in [0.15, 0.2) is 42.6 Å². The first-order chi connectivity index (χ1) is 30.5. The SMILES string of the molecule is C=C(C)[C@@H]1CC[C@]2(C(=O)N3CCC[C@H]3c3nc(-c4cccc(F)c4)cn3CCN(C)C)CC[C@]3(C)[C@H](CC[C@@H]4[C@@]5(C)CC[C@H](OC(=O)[C@H]6C[C@@H](C(=O)O)C6(C)C)C(C)(C)[C@@H]5CC[C@]43C)[C@@H]12. The van der Waals surface area contributed by atoms with Crippen LogP contribution in [0.5, 0.6) is 0 Å². The number of allylic oxidation sites excluding steroid dienone is 1. The lowest BCUT2D eigenvalue weighted by Gasteiger charge is -2.73. The van der Waals surface area contributed by atoms with Crippen molar-refractivity contribution < 1.29 is 28.6 Å². The van der Waals surface area contributed by atoms with E-state index < -0.39 is 22.7 Å². The van der Waals surface area contributed by atoms with Crippen LogP contribution < -0.4 is 0 Å². The molecule has 7 aliphatic rings. The topological polar surface area (TPSA) is 105 Å². The van der Waals surface area contributed by atoms with Gasteiger partial charge in [-0.15, -0.1) is 0 Å². The highest BCUT2D eigenvalue weighted by atomic mass is 19.1. The van der Waals surface area contributed by atoms with E-state index in [4.69, 9.17) is 9.72 Å². The van der Waals surface area contributed by atoms with Crippen LogP contribution >= 0.6 is 0 Å². The monoisotopic (exact) mass is 895 g/mol. The third kappa shape index (κ3) is 6.95. The Kier molecular flexibility index (Phi) is 11.5. The zero-order chi connectivity index (χ0) is 46.8. The van der Waals surface area contributed by atoms with E-state index in [1.165, 1.54) is 11.6 Å². The number of halogens is 1. The van der Waals surface area contributed by atoms with E-state index in [0.717, 1.165) is 114 Å². The molecule has 6 aliphatic carbocycles.